The monoisotopic (exact) mass is 408 g/mol. The van der Waals surface area contributed by atoms with Gasteiger partial charge in [0, 0.05) is 30.4 Å². The molecule has 2 atom stereocenters. The smallest absolute Gasteiger partial charge is 0.349 e. The van der Waals surface area contributed by atoms with Crippen molar-refractivity contribution in [2.45, 2.75) is 69.5 Å². The fraction of sp³-hybridized carbons (Fsp3) is 0.812. The molecule has 1 amide bonds. The summed E-state index contributed by atoms with van der Waals surface area (Å²) in [5, 5.41) is 11.4. The standard InChI is InChI=1S/C16H23F3N4OS2/c17-16(18,19)11-5-6-13-21-22-14(23(13)10-11)9-20-15(24)4-2-1-3-12-7-8-25-26-12/h11-12H,1-10H2,(H,20,24)/t11-,12+/m1/s1. The molecule has 26 heavy (non-hydrogen) atoms. The summed E-state index contributed by atoms with van der Waals surface area (Å²) in [6.45, 7) is -0.0281. The molecule has 0 saturated carbocycles. The molecule has 1 aromatic heterocycles. The second-order valence-corrected chi connectivity index (χ2v) is 9.56. The number of alkyl halides is 3. The predicted octanol–water partition coefficient (Wildman–Crippen LogP) is 3.73. The number of fused-ring (bicyclic) bond motifs is 1. The van der Waals surface area contributed by atoms with Gasteiger partial charge in [-0.3, -0.25) is 4.79 Å². The lowest BCUT2D eigenvalue weighted by Crippen LogP contribution is -2.33. The minimum atomic E-state index is -4.21. The van der Waals surface area contributed by atoms with E-state index in [2.05, 4.69) is 15.5 Å². The molecule has 2 aliphatic rings. The van der Waals surface area contributed by atoms with E-state index < -0.39 is 12.1 Å². The van der Waals surface area contributed by atoms with Crippen LogP contribution in [0.3, 0.4) is 0 Å². The van der Waals surface area contributed by atoms with Crippen LogP contribution in [-0.2, 0) is 24.3 Å². The zero-order valence-corrected chi connectivity index (χ0v) is 16.1. The van der Waals surface area contributed by atoms with Crippen molar-refractivity contribution in [1.82, 2.24) is 20.1 Å². The van der Waals surface area contributed by atoms with Crippen molar-refractivity contribution >= 4 is 27.5 Å². The molecule has 0 aliphatic carbocycles. The SMILES string of the molecule is O=C(CCCC[C@H]1CCSS1)NCc1nnc2n1C[C@H](C(F)(F)F)CC2. The van der Waals surface area contributed by atoms with Crippen LogP contribution >= 0.6 is 21.6 Å². The van der Waals surface area contributed by atoms with Crippen molar-refractivity contribution in [3.05, 3.63) is 11.6 Å². The Morgan fingerprint density at radius 1 is 1.27 bits per heavy atom. The summed E-state index contributed by atoms with van der Waals surface area (Å²) in [5.74, 6) is 0.739. The van der Waals surface area contributed by atoms with Gasteiger partial charge >= 0.3 is 6.18 Å². The van der Waals surface area contributed by atoms with Gasteiger partial charge in [-0.25, -0.2) is 0 Å². The summed E-state index contributed by atoms with van der Waals surface area (Å²) in [6.07, 6.45) is 0.796. The number of hydrogen-bond donors (Lipinski definition) is 1. The molecule has 3 rings (SSSR count). The average Bonchev–Trinajstić information content (AvgIpc) is 3.25. The molecule has 3 heterocycles. The first kappa shape index (κ1) is 19.9. The van der Waals surface area contributed by atoms with E-state index in [1.807, 2.05) is 21.6 Å². The molecule has 1 N–H and O–H groups in total. The first-order valence-corrected chi connectivity index (χ1v) is 11.3. The molecule has 0 bridgehead atoms. The molecular formula is C16H23F3N4OS2. The number of aromatic nitrogens is 3. The third kappa shape index (κ3) is 5.31. The van der Waals surface area contributed by atoms with Crippen LogP contribution in [0.4, 0.5) is 13.2 Å². The van der Waals surface area contributed by atoms with Gasteiger partial charge in [0.05, 0.1) is 12.5 Å². The van der Waals surface area contributed by atoms with Crippen LogP contribution in [0.2, 0.25) is 0 Å². The quantitative estimate of drug-likeness (QED) is 0.550. The van der Waals surface area contributed by atoms with Crippen molar-refractivity contribution in [3.63, 3.8) is 0 Å². The number of aryl methyl sites for hydroxylation is 1. The highest BCUT2D eigenvalue weighted by atomic mass is 33.1. The van der Waals surface area contributed by atoms with Gasteiger partial charge in [0.25, 0.3) is 0 Å². The van der Waals surface area contributed by atoms with E-state index in [-0.39, 0.29) is 31.8 Å². The Labute approximate surface area is 158 Å². The normalized spacial score (nSPS) is 23.0. The van der Waals surface area contributed by atoms with Crippen LogP contribution in [0.5, 0.6) is 0 Å². The molecule has 1 aromatic rings. The lowest BCUT2D eigenvalue weighted by Gasteiger charge is -2.26. The van der Waals surface area contributed by atoms with E-state index in [1.165, 1.54) is 16.7 Å². The zero-order valence-electron chi connectivity index (χ0n) is 14.4. The zero-order chi connectivity index (χ0) is 18.6. The number of nitrogens with zero attached hydrogens (tertiary/aromatic N) is 3. The maximum atomic E-state index is 12.9. The number of halogens is 3. The Bertz CT molecular complexity index is 617. The molecule has 0 unspecified atom stereocenters. The third-order valence-corrected chi connectivity index (χ3v) is 7.84. The highest BCUT2D eigenvalue weighted by Gasteiger charge is 2.42. The topological polar surface area (TPSA) is 59.8 Å². The van der Waals surface area contributed by atoms with E-state index in [0.29, 0.717) is 23.3 Å². The number of unbranched alkanes of at least 4 members (excludes halogenated alkanes) is 1. The first-order chi connectivity index (χ1) is 12.4. The highest BCUT2D eigenvalue weighted by molar-refractivity contribution is 8.77. The number of nitrogens with one attached hydrogen (secondary N) is 1. The Kier molecular flexibility index (Phi) is 6.76. The first-order valence-electron chi connectivity index (χ1n) is 8.96. The number of amides is 1. The van der Waals surface area contributed by atoms with Crippen LogP contribution in [0.15, 0.2) is 0 Å². The van der Waals surface area contributed by atoms with E-state index in [4.69, 9.17) is 0 Å². The molecule has 1 fully saturated rings. The van der Waals surface area contributed by atoms with Crippen LogP contribution in [0, 0.1) is 5.92 Å². The summed E-state index contributed by atoms with van der Waals surface area (Å²) in [6, 6.07) is 0. The molecule has 0 spiro atoms. The van der Waals surface area contributed by atoms with Gasteiger partial charge in [-0.05, 0) is 25.7 Å². The fourth-order valence-electron chi connectivity index (χ4n) is 3.27. The van der Waals surface area contributed by atoms with Crippen molar-refractivity contribution in [1.29, 1.82) is 0 Å². The lowest BCUT2D eigenvalue weighted by molar-refractivity contribution is -0.182. The van der Waals surface area contributed by atoms with Crippen LogP contribution in [0.1, 0.15) is 50.2 Å². The Balaban J connectivity index is 1.41. The summed E-state index contributed by atoms with van der Waals surface area (Å²) < 4.78 is 40.3. The molecule has 5 nitrogen and oxygen atoms in total. The van der Waals surface area contributed by atoms with Gasteiger partial charge in [0.2, 0.25) is 5.91 Å². The molecule has 1 saturated heterocycles. The van der Waals surface area contributed by atoms with Gasteiger partial charge in [0.1, 0.15) is 5.82 Å². The van der Waals surface area contributed by atoms with Crippen LogP contribution < -0.4 is 5.32 Å². The van der Waals surface area contributed by atoms with Crippen molar-refractivity contribution in [2.24, 2.45) is 5.92 Å². The molecule has 0 aromatic carbocycles. The van der Waals surface area contributed by atoms with Crippen LogP contribution in [0.25, 0.3) is 0 Å². The summed E-state index contributed by atoms with van der Waals surface area (Å²) in [7, 11) is 3.86. The Hall–Kier alpha value is -0.900. The maximum absolute atomic E-state index is 12.9. The minimum Gasteiger partial charge on any atom is -0.349 e. The summed E-state index contributed by atoms with van der Waals surface area (Å²) >= 11 is 0. The summed E-state index contributed by atoms with van der Waals surface area (Å²) in [4.78, 5) is 12.0. The molecule has 146 valence electrons. The van der Waals surface area contributed by atoms with Gasteiger partial charge in [0.15, 0.2) is 5.82 Å². The summed E-state index contributed by atoms with van der Waals surface area (Å²) in [5.41, 5.74) is 0. The number of rotatable bonds is 7. The molecular weight excluding hydrogens is 385 g/mol. The van der Waals surface area contributed by atoms with Crippen molar-refractivity contribution < 1.29 is 18.0 Å². The van der Waals surface area contributed by atoms with Crippen LogP contribution in [-0.4, -0.2) is 37.9 Å². The van der Waals surface area contributed by atoms with Gasteiger partial charge < -0.3 is 9.88 Å². The van der Waals surface area contributed by atoms with Crippen molar-refractivity contribution in [3.8, 4) is 0 Å². The van der Waals surface area contributed by atoms with Crippen molar-refractivity contribution in [2.75, 3.05) is 5.75 Å². The van der Waals surface area contributed by atoms with E-state index in [0.717, 1.165) is 19.3 Å². The largest absolute Gasteiger partial charge is 0.393 e. The average molecular weight is 409 g/mol. The Morgan fingerprint density at radius 2 is 2.12 bits per heavy atom. The number of carbonyl (C=O) groups is 1. The van der Waals surface area contributed by atoms with Gasteiger partial charge in [-0.1, -0.05) is 28.0 Å². The molecule has 0 radical (unpaired) electrons. The fourth-order valence-corrected chi connectivity index (χ4v) is 6.30. The van der Waals surface area contributed by atoms with Gasteiger partial charge in [-0.2, -0.15) is 13.2 Å². The molecule has 10 heteroatoms. The van der Waals surface area contributed by atoms with E-state index >= 15 is 0 Å². The number of carbonyl (C=O) groups excluding carboxylic acids is 1. The predicted molar refractivity (Wildman–Crippen MR) is 96.7 cm³/mol. The maximum Gasteiger partial charge on any atom is 0.393 e. The second kappa shape index (κ2) is 8.86. The van der Waals surface area contributed by atoms with Gasteiger partial charge in [-0.15, -0.1) is 10.2 Å². The van der Waals surface area contributed by atoms with E-state index in [1.54, 1.807) is 0 Å². The highest BCUT2D eigenvalue weighted by Crippen LogP contribution is 2.40. The minimum absolute atomic E-state index is 0.0474. The number of hydrogen-bond acceptors (Lipinski definition) is 5. The second-order valence-electron chi connectivity index (χ2n) is 6.77. The Morgan fingerprint density at radius 3 is 2.85 bits per heavy atom. The third-order valence-electron chi connectivity index (χ3n) is 4.84. The lowest BCUT2D eigenvalue weighted by atomic mass is 9.99. The molecule has 2 aliphatic heterocycles. The van der Waals surface area contributed by atoms with E-state index in [9.17, 15) is 18.0 Å².